The molecule has 1 aromatic rings. The average molecular weight is 220 g/mol. The monoisotopic (exact) mass is 220 g/mol. The first-order valence-electron chi connectivity index (χ1n) is 6.44. The molecule has 1 aromatic heterocycles. The van der Waals surface area contributed by atoms with Crippen molar-refractivity contribution in [2.75, 3.05) is 13.2 Å². The molecule has 1 fully saturated rings. The van der Waals surface area contributed by atoms with E-state index in [-0.39, 0.29) is 0 Å². The molecule has 0 N–H and O–H groups in total. The van der Waals surface area contributed by atoms with Gasteiger partial charge < -0.3 is 9.30 Å². The van der Waals surface area contributed by atoms with Crippen molar-refractivity contribution < 1.29 is 4.74 Å². The highest BCUT2D eigenvalue weighted by atomic mass is 16.5. The van der Waals surface area contributed by atoms with E-state index < -0.39 is 0 Å². The van der Waals surface area contributed by atoms with E-state index in [2.05, 4.69) is 22.7 Å². The molecule has 0 amide bonds. The standard InChI is InChI=1S/C13H20N2O/c1-10-2-4-15-12(6-10)8-14-13(15)7-11-3-5-16-9-11/h8,10-11H,2-7,9H2,1H3. The summed E-state index contributed by atoms with van der Waals surface area (Å²) in [4.78, 5) is 4.60. The van der Waals surface area contributed by atoms with Gasteiger partial charge in [-0.15, -0.1) is 0 Å². The van der Waals surface area contributed by atoms with Crippen LogP contribution in [0.1, 0.15) is 31.3 Å². The van der Waals surface area contributed by atoms with Gasteiger partial charge in [0.1, 0.15) is 5.82 Å². The second-order valence-electron chi connectivity index (χ2n) is 5.35. The summed E-state index contributed by atoms with van der Waals surface area (Å²) in [6.07, 6.45) is 6.90. The lowest BCUT2D eigenvalue weighted by Crippen LogP contribution is -2.19. The number of hydrogen-bond acceptors (Lipinski definition) is 2. The second kappa shape index (κ2) is 4.21. The normalized spacial score (nSPS) is 29.3. The van der Waals surface area contributed by atoms with Crippen LogP contribution in [-0.2, 0) is 24.1 Å². The van der Waals surface area contributed by atoms with Gasteiger partial charge >= 0.3 is 0 Å². The second-order valence-corrected chi connectivity index (χ2v) is 5.35. The minimum Gasteiger partial charge on any atom is -0.381 e. The van der Waals surface area contributed by atoms with Gasteiger partial charge in [0.15, 0.2) is 0 Å². The molecule has 2 aliphatic rings. The van der Waals surface area contributed by atoms with Crippen molar-refractivity contribution in [2.45, 2.75) is 39.2 Å². The molecule has 0 spiro atoms. The number of imidazole rings is 1. The molecule has 0 aliphatic carbocycles. The molecule has 16 heavy (non-hydrogen) atoms. The Morgan fingerprint density at radius 1 is 1.50 bits per heavy atom. The molecule has 0 radical (unpaired) electrons. The van der Waals surface area contributed by atoms with Crippen molar-refractivity contribution in [1.29, 1.82) is 0 Å². The number of nitrogens with zero attached hydrogens (tertiary/aromatic N) is 2. The Balaban J connectivity index is 1.75. The van der Waals surface area contributed by atoms with E-state index in [4.69, 9.17) is 4.74 Å². The molecular weight excluding hydrogens is 200 g/mol. The van der Waals surface area contributed by atoms with Crippen LogP contribution in [0.2, 0.25) is 0 Å². The van der Waals surface area contributed by atoms with Crippen LogP contribution in [0.25, 0.3) is 0 Å². The Bertz CT molecular complexity index is 366. The molecule has 2 atom stereocenters. The summed E-state index contributed by atoms with van der Waals surface area (Å²) in [5.74, 6) is 2.81. The van der Waals surface area contributed by atoms with E-state index in [1.807, 2.05) is 0 Å². The number of hydrogen-bond donors (Lipinski definition) is 0. The molecule has 1 saturated heterocycles. The van der Waals surface area contributed by atoms with Crippen LogP contribution in [-0.4, -0.2) is 22.8 Å². The van der Waals surface area contributed by atoms with Crippen molar-refractivity contribution >= 4 is 0 Å². The first-order chi connectivity index (χ1) is 7.83. The zero-order valence-corrected chi connectivity index (χ0v) is 9.98. The number of ether oxygens (including phenoxy) is 1. The van der Waals surface area contributed by atoms with Gasteiger partial charge in [-0.25, -0.2) is 4.98 Å². The summed E-state index contributed by atoms with van der Waals surface area (Å²) < 4.78 is 7.87. The molecule has 3 heteroatoms. The summed E-state index contributed by atoms with van der Waals surface area (Å²) in [6.45, 7) is 5.37. The Labute approximate surface area is 96.8 Å². The third-order valence-corrected chi connectivity index (χ3v) is 3.92. The maximum absolute atomic E-state index is 5.43. The molecule has 3 nitrogen and oxygen atoms in total. The maximum atomic E-state index is 5.43. The van der Waals surface area contributed by atoms with Gasteiger partial charge in [0.25, 0.3) is 0 Å². The number of aromatic nitrogens is 2. The minimum absolute atomic E-state index is 0.700. The molecule has 0 saturated carbocycles. The predicted molar refractivity (Wildman–Crippen MR) is 62.3 cm³/mol. The maximum Gasteiger partial charge on any atom is 0.109 e. The van der Waals surface area contributed by atoms with Crippen LogP contribution in [0.4, 0.5) is 0 Å². The zero-order valence-electron chi connectivity index (χ0n) is 9.98. The van der Waals surface area contributed by atoms with Gasteiger partial charge in [-0.3, -0.25) is 0 Å². The van der Waals surface area contributed by atoms with E-state index in [9.17, 15) is 0 Å². The van der Waals surface area contributed by atoms with Crippen molar-refractivity contribution in [1.82, 2.24) is 9.55 Å². The SMILES string of the molecule is CC1CCn2c(cnc2CC2CCOC2)C1. The predicted octanol–water partition coefficient (Wildman–Crippen LogP) is 2.04. The lowest BCUT2D eigenvalue weighted by atomic mass is 9.98. The number of rotatable bonds is 2. The number of fused-ring (bicyclic) bond motifs is 1. The van der Waals surface area contributed by atoms with Crippen LogP contribution in [0, 0.1) is 11.8 Å². The fraction of sp³-hybridized carbons (Fsp3) is 0.769. The minimum atomic E-state index is 0.700. The first kappa shape index (κ1) is 10.3. The Morgan fingerprint density at radius 2 is 2.44 bits per heavy atom. The molecule has 3 heterocycles. The van der Waals surface area contributed by atoms with Crippen LogP contribution >= 0.6 is 0 Å². The Hall–Kier alpha value is -0.830. The van der Waals surface area contributed by atoms with Crippen LogP contribution in [0.5, 0.6) is 0 Å². The highest BCUT2D eigenvalue weighted by Gasteiger charge is 2.22. The third kappa shape index (κ3) is 1.88. The Morgan fingerprint density at radius 3 is 3.25 bits per heavy atom. The third-order valence-electron chi connectivity index (χ3n) is 3.92. The van der Waals surface area contributed by atoms with Gasteiger partial charge in [0, 0.05) is 38.1 Å². The molecule has 2 aliphatic heterocycles. The van der Waals surface area contributed by atoms with Crippen LogP contribution in [0.15, 0.2) is 6.20 Å². The summed E-state index contributed by atoms with van der Waals surface area (Å²) in [7, 11) is 0. The average Bonchev–Trinajstić information content (AvgIpc) is 2.89. The molecule has 88 valence electrons. The topological polar surface area (TPSA) is 27.1 Å². The molecule has 2 unspecified atom stereocenters. The smallest absolute Gasteiger partial charge is 0.109 e. The van der Waals surface area contributed by atoms with Gasteiger partial charge in [-0.05, 0) is 31.1 Å². The van der Waals surface area contributed by atoms with Crippen molar-refractivity contribution in [3.8, 4) is 0 Å². The summed E-state index contributed by atoms with van der Waals surface area (Å²) in [5, 5.41) is 0. The van der Waals surface area contributed by atoms with Gasteiger partial charge in [-0.2, -0.15) is 0 Å². The van der Waals surface area contributed by atoms with Crippen molar-refractivity contribution in [2.24, 2.45) is 11.8 Å². The summed E-state index contributed by atoms with van der Waals surface area (Å²) in [6, 6.07) is 0. The fourth-order valence-corrected chi connectivity index (χ4v) is 2.86. The zero-order chi connectivity index (χ0) is 11.0. The lowest BCUT2D eigenvalue weighted by Gasteiger charge is -2.22. The summed E-state index contributed by atoms with van der Waals surface area (Å²) >= 11 is 0. The van der Waals surface area contributed by atoms with Crippen molar-refractivity contribution in [3.63, 3.8) is 0 Å². The largest absolute Gasteiger partial charge is 0.381 e. The van der Waals surface area contributed by atoms with Gasteiger partial charge in [-0.1, -0.05) is 6.92 Å². The highest BCUT2D eigenvalue weighted by molar-refractivity contribution is 5.09. The lowest BCUT2D eigenvalue weighted by molar-refractivity contribution is 0.185. The molecule has 3 rings (SSSR count). The van der Waals surface area contributed by atoms with E-state index >= 15 is 0 Å². The molecule has 0 bridgehead atoms. The highest BCUT2D eigenvalue weighted by Crippen LogP contribution is 2.24. The van der Waals surface area contributed by atoms with Gasteiger partial charge in [0.2, 0.25) is 0 Å². The van der Waals surface area contributed by atoms with E-state index in [1.165, 1.54) is 37.3 Å². The molecular formula is C13H20N2O. The fourth-order valence-electron chi connectivity index (χ4n) is 2.86. The van der Waals surface area contributed by atoms with E-state index in [0.29, 0.717) is 5.92 Å². The van der Waals surface area contributed by atoms with E-state index in [1.54, 1.807) is 0 Å². The summed E-state index contributed by atoms with van der Waals surface area (Å²) in [5.41, 5.74) is 1.44. The van der Waals surface area contributed by atoms with Crippen molar-refractivity contribution in [3.05, 3.63) is 17.7 Å². The quantitative estimate of drug-likeness (QED) is 0.762. The Kier molecular flexibility index (Phi) is 2.72. The van der Waals surface area contributed by atoms with Crippen LogP contribution in [0.3, 0.4) is 0 Å². The van der Waals surface area contributed by atoms with Crippen LogP contribution < -0.4 is 0 Å². The molecule has 0 aromatic carbocycles. The first-order valence-corrected chi connectivity index (χ1v) is 6.44. The van der Waals surface area contributed by atoms with E-state index in [0.717, 1.165) is 25.6 Å². The van der Waals surface area contributed by atoms with Gasteiger partial charge in [0.05, 0.1) is 0 Å².